The molecule has 1 N–H and O–H groups in total. The lowest BCUT2D eigenvalue weighted by atomic mass is 9.85. The van der Waals surface area contributed by atoms with Gasteiger partial charge in [-0.05, 0) is 49.0 Å². The number of carboxylic acid groups (broad SMARTS) is 1. The van der Waals surface area contributed by atoms with Gasteiger partial charge in [-0.1, -0.05) is 18.6 Å². The van der Waals surface area contributed by atoms with Gasteiger partial charge in [0.1, 0.15) is 0 Å². The lowest BCUT2D eigenvalue weighted by molar-refractivity contribution is -0.131. The van der Waals surface area contributed by atoms with Crippen molar-refractivity contribution in [1.82, 2.24) is 4.90 Å². The van der Waals surface area contributed by atoms with E-state index in [9.17, 15) is 9.59 Å². The van der Waals surface area contributed by atoms with Crippen LogP contribution in [0.3, 0.4) is 0 Å². The zero-order chi connectivity index (χ0) is 15.4. The molecule has 0 unspecified atom stereocenters. The van der Waals surface area contributed by atoms with E-state index in [2.05, 4.69) is 0 Å². The van der Waals surface area contributed by atoms with E-state index in [-0.39, 0.29) is 5.91 Å². The molecule has 4 heteroatoms. The Morgan fingerprint density at radius 3 is 2.67 bits per heavy atom. The molecule has 0 saturated heterocycles. The van der Waals surface area contributed by atoms with Crippen LogP contribution in [0.15, 0.2) is 24.3 Å². The molecule has 1 saturated carbocycles. The molecule has 1 amide bonds. The minimum absolute atomic E-state index is 0.00461. The fourth-order valence-electron chi connectivity index (χ4n) is 2.58. The molecular formula is C17H21NO3. The summed E-state index contributed by atoms with van der Waals surface area (Å²) in [5.41, 5.74) is 2.23. The molecule has 0 radical (unpaired) electrons. The van der Waals surface area contributed by atoms with E-state index in [1.165, 1.54) is 25.3 Å². The van der Waals surface area contributed by atoms with Crippen molar-refractivity contribution in [2.45, 2.75) is 26.2 Å². The number of amides is 1. The molecule has 0 aliphatic heterocycles. The second kappa shape index (κ2) is 6.57. The third kappa shape index (κ3) is 3.72. The Labute approximate surface area is 125 Å². The predicted octanol–water partition coefficient (Wildman–Crippen LogP) is 2.96. The van der Waals surface area contributed by atoms with Gasteiger partial charge in [0, 0.05) is 25.2 Å². The van der Waals surface area contributed by atoms with Crippen LogP contribution in [0.2, 0.25) is 0 Å². The number of rotatable bonds is 5. The first-order valence-corrected chi connectivity index (χ1v) is 7.25. The van der Waals surface area contributed by atoms with Crippen LogP contribution < -0.4 is 0 Å². The Morgan fingerprint density at radius 1 is 1.38 bits per heavy atom. The monoisotopic (exact) mass is 287 g/mol. The highest BCUT2D eigenvalue weighted by atomic mass is 16.4. The first kappa shape index (κ1) is 15.3. The largest absolute Gasteiger partial charge is 0.478 e. The molecule has 0 aromatic heterocycles. The summed E-state index contributed by atoms with van der Waals surface area (Å²) in [5.74, 6) is -0.354. The van der Waals surface area contributed by atoms with Gasteiger partial charge in [0.2, 0.25) is 0 Å². The third-order valence-electron chi connectivity index (χ3n) is 4.12. The van der Waals surface area contributed by atoms with Gasteiger partial charge in [0.15, 0.2) is 0 Å². The van der Waals surface area contributed by atoms with Crippen molar-refractivity contribution in [3.63, 3.8) is 0 Å². The molecule has 0 bridgehead atoms. The van der Waals surface area contributed by atoms with Gasteiger partial charge < -0.3 is 10.0 Å². The van der Waals surface area contributed by atoms with Gasteiger partial charge in [-0.2, -0.15) is 0 Å². The average Bonchev–Trinajstić information content (AvgIpc) is 2.40. The molecule has 0 spiro atoms. The molecule has 1 fully saturated rings. The Bertz CT molecular complexity index is 573. The normalized spacial score (nSPS) is 15.0. The molecule has 1 aliphatic carbocycles. The minimum Gasteiger partial charge on any atom is -0.478 e. The standard InChI is InChI=1S/C17H21NO3/c1-12-14(9-10-16(19)20)7-4-8-15(12)17(21)18(2)11-13-5-3-6-13/h4,7-10,13H,3,5-6,11H2,1-2H3,(H,19,20). The van der Waals surface area contributed by atoms with Crippen LogP contribution in [0, 0.1) is 12.8 Å². The Balaban J connectivity index is 2.16. The number of hydrogen-bond acceptors (Lipinski definition) is 2. The maximum atomic E-state index is 12.5. The summed E-state index contributed by atoms with van der Waals surface area (Å²) in [6.45, 7) is 2.65. The first-order valence-electron chi connectivity index (χ1n) is 7.25. The van der Waals surface area contributed by atoms with E-state index in [4.69, 9.17) is 5.11 Å². The topological polar surface area (TPSA) is 57.6 Å². The van der Waals surface area contributed by atoms with Crippen molar-refractivity contribution in [3.05, 3.63) is 41.0 Å². The van der Waals surface area contributed by atoms with Crippen LogP contribution in [-0.2, 0) is 4.79 Å². The van der Waals surface area contributed by atoms with Crippen LogP contribution in [0.4, 0.5) is 0 Å². The zero-order valence-electron chi connectivity index (χ0n) is 12.5. The Kier molecular flexibility index (Phi) is 4.78. The second-order valence-corrected chi connectivity index (χ2v) is 5.67. The fourth-order valence-corrected chi connectivity index (χ4v) is 2.58. The smallest absolute Gasteiger partial charge is 0.328 e. The molecule has 0 atom stereocenters. The summed E-state index contributed by atoms with van der Waals surface area (Å²) in [7, 11) is 1.83. The van der Waals surface area contributed by atoms with Crippen molar-refractivity contribution >= 4 is 18.0 Å². The lowest BCUT2D eigenvalue weighted by Crippen LogP contribution is -2.34. The fraction of sp³-hybridized carbons (Fsp3) is 0.412. The van der Waals surface area contributed by atoms with E-state index < -0.39 is 5.97 Å². The summed E-state index contributed by atoms with van der Waals surface area (Å²) in [6, 6.07) is 5.41. The van der Waals surface area contributed by atoms with Crippen LogP contribution in [0.1, 0.15) is 40.7 Å². The predicted molar refractivity (Wildman–Crippen MR) is 82.2 cm³/mol. The maximum Gasteiger partial charge on any atom is 0.328 e. The number of aliphatic carboxylic acids is 1. The van der Waals surface area contributed by atoms with Crippen LogP contribution in [0.25, 0.3) is 6.08 Å². The molecule has 2 rings (SSSR count). The number of hydrogen-bond donors (Lipinski definition) is 1. The van der Waals surface area contributed by atoms with Crippen molar-refractivity contribution in [1.29, 1.82) is 0 Å². The second-order valence-electron chi connectivity index (χ2n) is 5.67. The van der Waals surface area contributed by atoms with Crippen molar-refractivity contribution in [2.75, 3.05) is 13.6 Å². The third-order valence-corrected chi connectivity index (χ3v) is 4.12. The Morgan fingerprint density at radius 2 is 2.10 bits per heavy atom. The van der Waals surface area contributed by atoms with Gasteiger partial charge in [-0.3, -0.25) is 4.79 Å². The van der Waals surface area contributed by atoms with Gasteiger partial charge >= 0.3 is 5.97 Å². The highest BCUT2D eigenvalue weighted by Gasteiger charge is 2.22. The molecule has 1 aliphatic rings. The molecule has 1 aromatic carbocycles. The molecule has 112 valence electrons. The van der Waals surface area contributed by atoms with Crippen LogP contribution in [-0.4, -0.2) is 35.5 Å². The number of carbonyl (C=O) groups is 2. The van der Waals surface area contributed by atoms with E-state index >= 15 is 0 Å². The average molecular weight is 287 g/mol. The van der Waals surface area contributed by atoms with E-state index in [1.807, 2.05) is 20.0 Å². The lowest BCUT2D eigenvalue weighted by Gasteiger charge is -2.30. The van der Waals surface area contributed by atoms with Gasteiger partial charge in [-0.25, -0.2) is 4.79 Å². The van der Waals surface area contributed by atoms with Crippen LogP contribution in [0.5, 0.6) is 0 Å². The van der Waals surface area contributed by atoms with Gasteiger partial charge in [0.25, 0.3) is 5.91 Å². The Hall–Kier alpha value is -2.10. The van der Waals surface area contributed by atoms with Crippen LogP contribution >= 0.6 is 0 Å². The molecule has 21 heavy (non-hydrogen) atoms. The molecular weight excluding hydrogens is 266 g/mol. The van der Waals surface area contributed by atoms with Gasteiger partial charge in [-0.15, -0.1) is 0 Å². The number of carbonyl (C=O) groups excluding carboxylic acids is 1. The van der Waals surface area contributed by atoms with E-state index in [0.717, 1.165) is 23.7 Å². The number of benzene rings is 1. The number of nitrogens with zero attached hydrogens (tertiary/aromatic N) is 1. The highest BCUT2D eigenvalue weighted by molar-refractivity contribution is 5.96. The summed E-state index contributed by atoms with van der Waals surface area (Å²) < 4.78 is 0. The summed E-state index contributed by atoms with van der Waals surface area (Å²) >= 11 is 0. The SMILES string of the molecule is Cc1c(C=CC(=O)O)cccc1C(=O)N(C)CC1CCC1. The highest BCUT2D eigenvalue weighted by Crippen LogP contribution is 2.27. The van der Waals surface area contributed by atoms with E-state index in [0.29, 0.717) is 11.5 Å². The van der Waals surface area contributed by atoms with Crippen molar-refractivity contribution in [3.8, 4) is 0 Å². The summed E-state index contributed by atoms with van der Waals surface area (Å²) in [5, 5.41) is 8.70. The first-order chi connectivity index (χ1) is 9.99. The van der Waals surface area contributed by atoms with Crippen molar-refractivity contribution in [2.24, 2.45) is 5.92 Å². The summed E-state index contributed by atoms with van der Waals surface area (Å²) in [4.78, 5) is 24.9. The molecule has 1 aromatic rings. The summed E-state index contributed by atoms with van der Waals surface area (Å²) in [6.07, 6.45) is 6.30. The quantitative estimate of drug-likeness (QED) is 0.847. The number of carboxylic acids is 1. The molecule has 0 heterocycles. The van der Waals surface area contributed by atoms with E-state index in [1.54, 1.807) is 17.0 Å². The molecule has 4 nitrogen and oxygen atoms in total. The van der Waals surface area contributed by atoms with Crippen molar-refractivity contribution < 1.29 is 14.7 Å². The maximum absolute atomic E-state index is 12.5. The van der Waals surface area contributed by atoms with Gasteiger partial charge in [0.05, 0.1) is 0 Å². The minimum atomic E-state index is -0.992. The zero-order valence-corrected chi connectivity index (χ0v) is 12.5.